The second kappa shape index (κ2) is 5.35. The number of aromatic nitrogens is 2. The molecule has 86 valence electrons. The molecule has 0 aliphatic carbocycles. The van der Waals surface area contributed by atoms with Gasteiger partial charge in [-0.15, -0.1) is 16.7 Å². The van der Waals surface area contributed by atoms with Gasteiger partial charge in [-0.1, -0.05) is 18.4 Å². The molecule has 0 aromatic carbocycles. The number of alkyl halides is 1. The number of anilines is 1. The van der Waals surface area contributed by atoms with Gasteiger partial charge in [-0.05, 0) is 20.3 Å². The topological polar surface area (TPSA) is 51.0 Å². The maximum absolute atomic E-state index is 5.58. The van der Waals surface area contributed by atoms with E-state index in [0.29, 0.717) is 24.2 Å². The zero-order chi connectivity index (χ0) is 11.3. The van der Waals surface area contributed by atoms with Crippen LogP contribution < -0.4 is 5.32 Å². The van der Waals surface area contributed by atoms with Gasteiger partial charge in [-0.3, -0.25) is 0 Å². The Morgan fingerprint density at radius 2 is 2.13 bits per heavy atom. The molecule has 0 amide bonds. The first-order valence-electron chi connectivity index (χ1n) is 5.24. The van der Waals surface area contributed by atoms with Crippen molar-refractivity contribution in [3.8, 4) is 0 Å². The van der Waals surface area contributed by atoms with Crippen LogP contribution in [-0.2, 0) is 6.42 Å². The fourth-order valence-electron chi connectivity index (χ4n) is 1.46. The average Bonchev–Trinajstić information content (AvgIpc) is 2.52. The molecule has 0 bridgehead atoms. The molecular formula is C10H18ClN3O. The SMILES string of the molecule is CCCC(C)(C)Nc1nnc(CCCl)o1. The monoisotopic (exact) mass is 231 g/mol. The van der Waals surface area contributed by atoms with Gasteiger partial charge in [0, 0.05) is 17.8 Å². The quantitative estimate of drug-likeness (QED) is 0.765. The van der Waals surface area contributed by atoms with Crippen LogP contribution in [0.2, 0.25) is 0 Å². The van der Waals surface area contributed by atoms with Gasteiger partial charge in [-0.2, -0.15) is 0 Å². The van der Waals surface area contributed by atoms with Gasteiger partial charge >= 0.3 is 6.01 Å². The van der Waals surface area contributed by atoms with Crippen LogP contribution >= 0.6 is 11.6 Å². The van der Waals surface area contributed by atoms with E-state index in [9.17, 15) is 0 Å². The fraction of sp³-hybridized carbons (Fsp3) is 0.800. The van der Waals surface area contributed by atoms with Gasteiger partial charge in [0.1, 0.15) is 0 Å². The minimum absolute atomic E-state index is 0.0144. The molecule has 0 unspecified atom stereocenters. The summed E-state index contributed by atoms with van der Waals surface area (Å²) >= 11 is 5.58. The van der Waals surface area contributed by atoms with Gasteiger partial charge in [-0.25, -0.2) is 0 Å². The Morgan fingerprint density at radius 3 is 2.73 bits per heavy atom. The van der Waals surface area contributed by atoms with E-state index in [1.165, 1.54) is 0 Å². The van der Waals surface area contributed by atoms with Crippen LogP contribution in [0, 0.1) is 0 Å². The highest BCUT2D eigenvalue weighted by atomic mass is 35.5. The zero-order valence-electron chi connectivity index (χ0n) is 9.51. The molecule has 1 rings (SSSR count). The lowest BCUT2D eigenvalue weighted by atomic mass is 9.99. The molecule has 0 spiro atoms. The maximum Gasteiger partial charge on any atom is 0.315 e. The fourth-order valence-corrected chi connectivity index (χ4v) is 1.62. The second-order valence-electron chi connectivity index (χ2n) is 4.20. The number of aryl methyl sites for hydroxylation is 1. The summed E-state index contributed by atoms with van der Waals surface area (Å²) in [6.45, 7) is 6.38. The lowest BCUT2D eigenvalue weighted by Gasteiger charge is -2.23. The number of halogens is 1. The Balaban J connectivity index is 2.56. The third-order valence-electron chi connectivity index (χ3n) is 2.10. The normalized spacial score (nSPS) is 11.7. The summed E-state index contributed by atoms with van der Waals surface area (Å²) in [6.07, 6.45) is 2.79. The van der Waals surface area contributed by atoms with Crippen LogP contribution in [0.15, 0.2) is 4.42 Å². The smallest absolute Gasteiger partial charge is 0.315 e. The van der Waals surface area contributed by atoms with Crippen molar-refractivity contribution in [1.82, 2.24) is 10.2 Å². The van der Waals surface area contributed by atoms with E-state index in [-0.39, 0.29) is 5.54 Å². The number of hydrogen-bond donors (Lipinski definition) is 1. The number of nitrogens with zero attached hydrogens (tertiary/aromatic N) is 2. The predicted octanol–water partition coefficient (Wildman–Crippen LogP) is 2.84. The van der Waals surface area contributed by atoms with E-state index < -0.39 is 0 Å². The minimum atomic E-state index is -0.0144. The first-order chi connectivity index (χ1) is 7.07. The number of hydrogen-bond acceptors (Lipinski definition) is 4. The van der Waals surface area contributed by atoms with E-state index in [2.05, 4.69) is 36.3 Å². The summed E-state index contributed by atoms with van der Waals surface area (Å²) in [6, 6.07) is 0.480. The van der Waals surface area contributed by atoms with Gasteiger partial charge in [0.25, 0.3) is 0 Å². The molecule has 15 heavy (non-hydrogen) atoms. The average molecular weight is 232 g/mol. The van der Waals surface area contributed by atoms with E-state index in [1.54, 1.807) is 0 Å². The maximum atomic E-state index is 5.58. The first kappa shape index (κ1) is 12.3. The molecule has 0 aliphatic rings. The molecule has 1 heterocycles. The molecule has 0 saturated heterocycles. The summed E-state index contributed by atoms with van der Waals surface area (Å²) in [7, 11) is 0. The molecule has 0 saturated carbocycles. The summed E-state index contributed by atoms with van der Waals surface area (Å²) in [5.74, 6) is 1.08. The Morgan fingerprint density at radius 1 is 1.40 bits per heavy atom. The van der Waals surface area contributed by atoms with Crippen molar-refractivity contribution in [3.05, 3.63) is 5.89 Å². The standard InChI is InChI=1S/C10H18ClN3O/c1-4-6-10(2,3)12-9-14-13-8(15-9)5-7-11/h4-7H2,1-3H3,(H,12,14). The van der Waals surface area contributed by atoms with Crippen LogP contribution in [-0.4, -0.2) is 21.6 Å². The zero-order valence-corrected chi connectivity index (χ0v) is 10.3. The largest absolute Gasteiger partial charge is 0.408 e. The Bertz CT molecular complexity index is 299. The Labute approximate surface area is 95.4 Å². The molecule has 1 aromatic rings. The Kier molecular flexibility index (Phi) is 4.39. The van der Waals surface area contributed by atoms with E-state index >= 15 is 0 Å². The van der Waals surface area contributed by atoms with Crippen LogP contribution in [0.1, 0.15) is 39.5 Å². The van der Waals surface area contributed by atoms with Crippen molar-refractivity contribution in [3.63, 3.8) is 0 Å². The Hall–Kier alpha value is -0.770. The molecule has 0 radical (unpaired) electrons. The second-order valence-corrected chi connectivity index (χ2v) is 4.58. The van der Waals surface area contributed by atoms with Crippen molar-refractivity contribution >= 4 is 17.6 Å². The molecule has 0 aliphatic heterocycles. The van der Waals surface area contributed by atoms with Crippen LogP contribution in [0.5, 0.6) is 0 Å². The number of rotatable bonds is 6. The minimum Gasteiger partial charge on any atom is -0.408 e. The summed E-state index contributed by atoms with van der Waals surface area (Å²) in [4.78, 5) is 0. The van der Waals surface area contributed by atoms with Gasteiger partial charge in [0.15, 0.2) is 0 Å². The van der Waals surface area contributed by atoms with Crippen LogP contribution in [0.25, 0.3) is 0 Å². The van der Waals surface area contributed by atoms with Crippen molar-refractivity contribution in [2.75, 3.05) is 11.2 Å². The van der Waals surface area contributed by atoms with Crippen molar-refractivity contribution in [2.24, 2.45) is 0 Å². The van der Waals surface area contributed by atoms with E-state index in [0.717, 1.165) is 12.8 Å². The van der Waals surface area contributed by atoms with Crippen LogP contribution in [0.4, 0.5) is 6.01 Å². The molecule has 0 atom stereocenters. The highest BCUT2D eigenvalue weighted by Crippen LogP contribution is 2.18. The van der Waals surface area contributed by atoms with Gasteiger partial charge in [0.05, 0.1) is 0 Å². The van der Waals surface area contributed by atoms with Gasteiger partial charge in [0.2, 0.25) is 5.89 Å². The molecule has 5 heteroatoms. The molecule has 4 nitrogen and oxygen atoms in total. The molecule has 1 aromatic heterocycles. The van der Waals surface area contributed by atoms with E-state index in [4.69, 9.17) is 16.0 Å². The van der Waals surface area contributed by atoms with Gasteiger partial charge < -0.3 is 9.73 Å². The highest BCUT2D eigenvalue weighted by Gasteiger charge is 2.19. The summed E-state index contributed by atoms with van der Waals surface area (Å²) < 4.78 is 5.39. The first-order valence-corrected chi connectivity index (χ1v) is 5.77. The van der Waals surface area contributed by atoms with Crippen molar-refractivity contribution < 1.29 is 4.42 Å². The molecular weight excluding hydrogens is 214 g/mol. The number of nitrogens with one attached hydrogen (secondary N) is 1. The summed E-state index contributed by atoms with van der Waals surface area (Å²) in [5.41, 5.74) is -0.0144. The third-order valence-corrected chi connectivity index (χ3v) is 2.28. The molecule has 0 fully saturated rings. The molecule has 1 N–H and O–H groups in total. The summed E-state index contributed by atoms with van der Waals surface area (Å²) in [5, 5.41) is 11.0. The van der Waals surface area contributed by atoms with Crippen LogP contribution in [0.3, 0.4) is 0 Å². The van der Waals surface area contributed by atoms with Crippen molar-refractivity contribution in [2.45, 2.75) is 45.6 Å². The van der Waals surface area contributed by atoms with E-state index in [1.807, 2.05) is 0 Å². The lowest BCUT2D eigenvalue weighted by Crippen LogP contribution is -2.30. The van der Waals surface area contributed by atoms with Crippen molar-refractivity contribution in [1.29, 1.82) is 0 Å². The predicted molar refractivity (Wildman–Crippen MR) is 61.3 cm³/mol. The highest BCUT2D eigenvalue weighted by molar-refractivity contribution is 6.17. The lowest BCUT2D eigenvalue weighted by molar-refractivity contribution is 0.459. The third kappa shape index (κ3) is 4.08.